The maximum absolute atomic E-state index is 12.5. The molecular weight excluding hydrogens is 356 g/mol. The number of aromatic amines is 1. The van der Waals surface area contributed by atoms with E-state index >= 15 is 0 Å². The van der Waals surface area contributed by atoms with Crippen LogP contribution in [-0.2, 0) is 27.8 Å². The largest absolute Gasteiger partial charge is 0.497 e. The summed E-state index contributed by atoms with van der Waals surface area (Å²) in [6.07, 6.45) is 1.66. The second kappa shape index (κ2) is 7.08. The Balaban J connectivity index is 1.77. The molecule has 2 aromatic rings. The maximum Gasteiger partial charge on any atom is 0.240 e. The van der Waals surface area contributed by atoms with Gasteiger partial charge in [0.25, 0.3) is 0 Å². The minimum atomic E-state index is -3.44. The number of carbonyl (C=O) groups excluding carboxylic acids is 1. The molecule has 8 nitrogen and oxygen atoms in total. The Morgan fingerprint density at radius 2 is 2.19 bits per heavy atom. The predicted molar refractivity (Wildman–Crippen MR) is 97.1 cm³/mol. The van der Waals surface area contributed by atoms with Gasteiger partial charge >= 0.3 is 0 Å². The van der Waals surface area contributed by atoms with Crippen molar-refractivity contribution in [2.24, 2.45) is 0 Å². The summed E-state index contributed by atoms with van der Waals surface area (Å²) >= 11 is 0. The SMILES string of the molecule is COc1cccc(-c2nc3c([nH]2)CN(C(=O)C(C)NS(C)(=O)=O)CC3)c1. The number of rotatable bonds is 5. The quantitative estimate of drug-likeness (QED) is 0.805. The minimum absolute atomic E-state index is 0.251. The van der Waals surface area contributed by atoms with Crippen LogP contribution in [0.1, 0.15) is 18.3 Å². The highest BCUT2D eigenvalue weighted by molar-refractivity contribution is 7.88. The summed E-state index contributed by atoms with van der Waals surface area (Å²) < 4.78 is 30.2. The first kappa shape index (κ1) is 18.4. The number of fused-ring (bicyclic) bond motifs is 1. The van der Waals surface area contributed by atoms with Crippen LogP contribution in [0.15, 0.2) is 24.3 Å². The third-order valence-corrected chi connectivity index (χ3v) is 5.03. The molecule has 1 aromatic carbocycles. The van der Waals surface area contributed by atoms with Crippen molar-refractivity contribution in [3.63, 3.8) is 0 Å². The predicted octanol–water partition coefficient (Wildman–Crippen LogP) is 0.908. The lowest BCUT2D eigenvalue weighted by molar-refractivity contribution is -0.133. The lowest BCUT2D eigenvalue weighted by atomic mass is 10.1. The van der Waals surface area contributed by atoms with Gasteiger partial charge in [0.05, 0.1) is 37.3 Å². The molecule has 1 atom stereocenters. The highest BCUT2D eigenvalue weighted by Gasteiger charge is 2.28. The number of nitrogens with one attached hydrogen (secondary N) is 2. The Labute approximate surface area is 152 Å². The molecule has 1 unspecified atom stereocenters. The molecule has 0 spiro atoms. The van der Waals surface area contributed by atoms with Gasteiger partial charge in [0.1, 0.15) is 11.6 Å². The standard InChI is InChI=1S/C17H22N4O4S/c1-11(20-26(3,23)24)17(22)21-8-7-14-15(10-21)19-16(18-14)12-5-4-6-13(9-12)25-2/h4-6,9,11,20H,7-8,10H2,1-3H3,(H,18,19). The Hall–Kier alpha value is -2.39. The number of sulfonamides is 1. The second-order valence-corrected chi connectivity index (χ2v) is 8.14. The Bertz CT molecular complexity index is 923. The van der Waals surface area contributed by atoms with E-state index in [1.54, 1.807) is 18.9 Å². The van der Waals surface area contributed by atoms with E-state index in [-0.39, 0.29) is 5.91 Å². The van der Waals surface area contributed by atoms with Gasteiger partial charge < -0.3 is 14.6 Å². The first-order valence-electron chi connectivity index (χ1n) is 8.25. The van der Waals surface area contributed by atoms with Crippen LogP contribution >= 0.6 is 0 Å². The number of hydrogen-bond acceptors (Lipinski definition) is 5. The van der Waals surface area contributed by atoms with Gasteiger partial charge in [-0.15, -0.1) is 0 Å². The fraction of sp³-hybridized carbons (Fsp3) is 0.412. The first-order chi connectivity index (χ1) is 12.3. The zero-order valence-corrected chi connectivity index (χ0v) is 15.8. The summed E-state index contributed by atoms with van der Waals surface area (Å²) in [5.74, 6) is 1.22. The molecule has 1 aliphatic rings. The third kappa shape index (κ3) is 4.05. The number of benzene rings is 1. The smallest absolute Gasteiger partial charge is 0.240 e. The van der Waals surface area contributed by atoms with Crippen LogP contribution in [0.2, 0.25) is 0 Å². The molecule has 1 aliphatic heterocycles. The Morgan fingerprint density at radius 1 is 1.42 bits per heavy atom. The summed E-state index contributed by atoms with van der Waals surface area (Å²) in [6.45, 7) is 2.43. The number of carbonyl (C=O) groups is 1. The van der Waals surface area contributed by atoms with Crippen LogP contribution in [0.3, 0.4) is 0 Å². The number of hydrogen-bond donors (Lipinski definition) is 2. The van der Waals surface area contributed by atoms with Crippen molar-refractivity contribution in [2.45, 2.75) is 25.9 Å². The molecule has 3 rings (SSSR count). The molecule has 1 aromatic heterocycles. The fourth-order valence-corrected chi connectivity index (χ4v) is 3.78. The Kier molecular flexibility index (Phi) is 5.01. The van der Waals surface area contributed by atoms with E-state index in [1.807, 2.05) is 24.3 Å². The molecule has 2 N–H and O–H groups in total. The zero-order valence-electron chi connectivity index (χ0n) is 14.9. The van der Waals surface area contributed by atoms with Gasteiger partial charge in [-0.25, -0.2) is 18.1 Å². The molecule has 0 bridgehead atoms. The van der Waals surface area contributed by atoms with Crippen LogP contribution in [0.4, 0.5) is 0 Å². The minimum Gasteiger partial charge on any atom is -0.497 e. The topological polar surface area (TPSA) is 104 Å². The number of methoxy groups -OCH3 is 1. The summed E-state index contributed by atoms with van der Waals surface area (Å²) in [6, 6.07) is 6.79. The van der Waals surface area contributed by atoms with Gasteiger partial charge in [-0.3, -0.25) is 4.79 Å². The molecule has 26 heavy (non-hydrogen) atoms. The van der Waals surface area contributed by atoms with E-state index in [2.05, 4.69) is 14.7 Å². The van der Waals surface area contributed by atoms with Gasteiger partial charge in [0.2, 0.25) is 15.9 Å². The Morgan fingerprint density at radius 3 is 2.88 bits per heavy atom. The van der Waals surface area contributed by atoms with E-state index in [0.717, 1.165) is 34.8 Å². The van der Waals surface area contributed by atoms with Gasteiger partial charge in [-0.05, 0) is 19.1 Å². The van der Waals surface area contributed by atoms with Crippen molar-refractivity contribution in [1.82, 2.24) is 19.6 Å². The maximum atomic E-state index is 12.5. The van der Waals surface area contributed by atoms with Crippen LogP contribution in [0, 0.1) is 0 Å². The first-order valence-corrected chi connectivity index (χ1v) is 10.1. The van der Waals surface area contributed by atoms with Crippen molar-refractivity contribution in [3.8, 4) is 17.1 Å². The summed E-state index contributed by atoms with van der Waals surface area (Å²) in [7, 11) is -1.82. The van der Waals surface area contributed by atoms with Crippen LogP contribution < -0.4 is 9.46 Å². The lowest BCUT2D eigenvalue weighted by Gasteiger charge is -2.28. The van der Waals surface area contributed by atoms with Gasteiger partial charge in [0.15, 0.2) is 0 Å². The van der Waals surface area contributed by atoms with Crippen LogP contribution in [-0.4, -0.2) is 55.1 Å². The highest BCUT2D eigenvalue weighted by atomic mass is 32.2. The second-order valence-electron chi connectivity index (χ2n) is 6.36. The monoisotopic (exact) mass is 378 g/mol. The molecule has 1 amide bonds. The van der Waals surface area contributed by atoms with Gasteiger partial charge in [0, 0.05) is 18.5 Å². The molecule has 140 valence electrons. The summed E-state index contributed by atoms with van der Waals surface area (Å²) in [5, 5.41) is 0. The molecular formula is C17H22N4O4S. The molecule has 0 fully saturated rings. The van der Waals surface area contributed by atoms with E-state index in [0.29, 0.717) is 19.5 Å². The van der Waals surface area contributed by atoms with Crippen molar-refractivity contribution in [2.75, 3.05) is 19.9 Å². The zero-order chi connectivity index (χ0) is 18.9. The van der Waals surface area contributed by atoms with Crippen molar-refractivity contribution in [3.05, 3.63) is 35.7 Å². The molecule has 2 heterocycles. The molecule has 0 saturated carbocycles. The number of amides is 1. The van der Waals surface area contributed by atoms with Crippen molar-refractivity contribution in [1.29, 1.82) is 0 Å². The van der Waals surface area contributed by atoms with Crippen molar-refractivity contribution >= 4 is 15.9 Å². The number of ether oxygens (including phenoxy) is 1. The summed E-state index contributed by atoms with van der Waals surface area (Å²) in [5.41, 5.74) is 2.70. The highest BCUT2D eigenvalue weighted by Crippen LogP contribution is 2.25. The number of nitrogens with zero attached hydrogens (tertiary/aromatic N) is 2. The number of H-pyrrole nitrogens is 1. The van der Waals surface area contributed by atoms with E-state index in [1.165, 1.54) is 0 Å². The average molecular weight is 378 g/mol. The summed E-state index contributed by atoms with van der Waals surface area (Å²) in [4.78, 5) is 22.0. The van der Waals surface area contributed by atoms with Gasteiger partial charge in [-0.1, -0.05) is 12.1 Å². The van der Waals surface area contributed by atoms with E-state index in [9.17, 15) is 13.2 Å². The van der Waals surface area contributed by atoms with E-state index in [4.69, 9.17) is 4.74 Å². The van der Waals surface area contributed by atoms with Crippen LogP contribution in [0.25, 0.3) is 11.4 Å². The number of aromatic nitrogens is 2. The third-order valence-electron chi connectivity index (χ3n) is 4.25. The lowest BCUT2D eigenvalue weighted by Crippen LogP contribution is -2.48. The van der Waals surface area contributed by atoms with Gasteiger partial charge in [-0.2, -0.15) is 0 Å². The molecule has 9 heteroatoms. The average Bonchev–Trinajstić information content (AvgIpc) is 3.03. The molecule has 0 aliphatic carbocycles. The fourth-order valence-electron chi connectivity index (χ4n) is 3.03. The molecule has 0 saturated heterocycles. The normalized spacial score (nSPS) is 15.4. The molecule has 0 radical (unpaired) electrons. The van der Waals surface area contributed by atoms with Crippen LogP contribution in [0.5, 0.6) is 5.75 Å². The van der Waals surface area contributed by atoms with E-state index < -0.39 is 16.1 Å². The number of imidazole rings is 1. The van der Waals surface area contributed by atoms with Crippen molar-refractivity contribution < 1.29 is 17.9 Å².